The van der Waals surface area contributed by atoms with Gasteiger partial charge in [0.15, 0.2) is 5.78 Å². The van der Waals surface area contributed by atoms with Crippen LogP contribution in [0.15, 0.2) is 24.3 Å². The van der Waals surface area contributed by atoms with Crippen LogP contribution in [0.4, 0.5) is 0 Å². The van der Waals surface area contributed by atoms with E-state index in [4.69, 9.17) is 4.74 Å². The van der Waals surface area contributed by atoms with Gasteiger partial charge in [0, 0.05) is 12.0 Å². The van der Waals surface area contributed by atoms with Crippen molar-refractivity contribution in [1.82, 2.24) is 0 Å². The zero-order valence-corrected chi connectivity index (χ0v) is 11.1. The molecular weight excluding hydrogens is 244 g/mol. The monoisotopic (exact) mass is 260 g/mol. The zero-order valence-electron chi connectivity index (χ0n) is 11.1. The topological polar surface area (TPSA) is 60.4 Å². The lowest BCUT2D eigenvalue weighted by atomic mass is 9.79. The van der Waals surface area contributed by atoms with Gasteiger partial charge in [0.25, 0.3) is 0 Å². The van der Waals surface area contributed by atoms with E-state index < -0.39 is 11.4 Å². The molecule has 0 spiro atoms. The Morgan fingerprint density at radius 1 is 1.32 bits per heavy atom. The van der Waals surface area contributed by atoms with Crippen LogP contribution in [0.5, 0.6) is 0 Å². The molecule has 100 valence electrons. The average molecular weight is 260 g/mol. The first-order valence-corrected chi connectivity index (χ1v) is 6.22. The summed E-state index contributed by atoms with van der Waals surface area (Å²) in [5.41, 5.74) is 0.197. The van der Waals surface area contributed by atoms with E-state index in [0.717, 1.165) is 5.56 Å². The number of rotatable bonds is 4. The van der Waals surface area contributed by atoms with Gasteiger partial charge in [-0.15, -0.1) is 0 Å². The Kier molecular flexibility index (Phi) is 3.51. The zero-order chi connectivity index (χ0) is 14.0. The number of methoxy groups -OCH3 is 1. The molecule has 1 atom stereocenters. The molecule has 0 unspecified atom stereocenters. The van der Waals surface area contributed by atoms with E-state index in [1.165, 1.54) is 14.0 Å². The fourth-order valence-corrected chi connectivity index (χ4v) is 2.61. The molecule has 0 amide bonds. The molecule has 1 aliphatic rings. The molecule has 0 N–H and O–H groups in total. The summed E-state index contributed by atoms with van der Waals surface area (Å²) in [4.78, 5) is 35.8. The van der Waals surface area contributed by atoms with Crippen LogP contribution in [0.2, 0.25) is 0 Å². The third kappa shape index (κ3) is 2.18. The van der Waals surface area contributed by atoms with E-state index in [-0.39, 0.29) is 24.4 Å². The molecule has 0 aliphatic heterocycles. The first kappa shape index (κ1) is 13.5. The highest BCUT2D eigenvalue weighted by Crippen LogP contribution is 2.41. The predicted octanol–water partition coefficient (Wildman–Crippen LogP) is 1.95. The Labute approximate surface area is 111 Å². The summed E-state index contributed by atoms with van der Waals surface area (Å²) < 4.78 is 4.80. The molecule has 1 aromatic carbocycles. The van der Waals surface area contributed by atoms with E-state index in [0.29, 0.717) is 12.0 Å². The maximum absolute atomic E-state index is 12.5. The van der Waals surface area contributed by atoms with Gasteiger partial charge in [0.1, 0.15) is 11.2 Å². The number of esters is 1. The molecule has 1 aliphatic carbocycles. The molecule has 4 nitrogen and oxygen atoms in total. The lowest BCUT2D eigenvalue weighted by Gasteiger charge is -2.23. The molecule has 2 rings (SSSR count). The summed E-state index contributed by atoms with van der Waals surface area (Å²) in [5, 5.41) is 0. The van der Waals surface area contributed by atoms with E-state index in [2.05, 4.69) is 0 Å². The van der Waals surface area contributed by atoms with Crippen LogP contribution in [0.25, 0.3) is 0 Å². The molecule has 0 radical (unpaired) electrons. The second-order valence-electron chi connectivity index (χ2n) is 4.94. The van der Waals surface area contributed by atoms with Crippen molar-refractivity contribution in [1.29, 1.82) is 0 Å². The molecule has 0 fully saturated rings. The highest BCUT2D eigenvalue weighted by Gasteiger charge is 2.51. The third-order valence-electron chi connectivity index (χ3n) is 3.67. The van der Waals surface area contributed by atoms with Gasteiger partial charge in [0.05, 0.1) is 7.11 Å². The van der Waals surface area contributed by atoms with Gasteiger partial charge in [-0.05, 0) is 25.3 Å². The standard InChI is InChI=1S/C15H16O4/c1-10(16)7-8-15(14(18)19-2)9-11-5-3-4-6-12(11)13(15)17/h3-6H,7-9H2,1-2H3/t15-/m1/s1. The number of carbonyl (C=O) groups excluding carboxylic acids is 3. The van der Waals surface area contributed by atoms with Crippen LogP contribution in [0.3, 0.4) is 0 Å². The number of Topliss-reactive ketones (excluding diaryl/α,β-unsaturated/α-hetero) is 2. The highest BCUT2D eigenvalue weighted by atomic mass is 16.5. The first-order chi connectivity index (χ1) is 9.01. The fourth-order valence-electron chi connectivity index (χ4n) is 2.61. The summed E-state index contributed by atoms with van der Waals surface area (Å²) >= 11 is 0. The number of fused-ring (bicyclic) bond motifs is 1. The number of ether oxygens (including phenoxy) is 1. The predicted molar refractivity (Wildman–Crippen MR) is 68.8 cm³/mol. The number of ketones is 2. The Morgan fingerprint density at radius 3 is 2.58 bits per heavy atom. The highest BCUT2D eigenvalue weighted by molar-refractivity contribution is 6.16. The van der Waals surface area contributed by atoms with Crippen molar-refractivity contribution in [3.05, 3.63) is 35.4 Å². The van der Waals surface area contributed by atoms with Gasteiger partial charge in [-0.25, -0.2) is 0 Å². The number of hydrogen-bond acceptors (Lipinski definition) is 4. The van der Waals surface area contributed by atoms with E-state index in [1.807, 2.05) is 12.1 Å². The maximum atomic E-state index is 12.5. The van der Waals surface area contributed by atoms with Crippen molar-refractivity contribution >= 4 is 17.5 Å². The first-order valence-electron chi connectivity index (χ1n) is 6.22. The van der Waals surface area contributed by atoms with E-state index >= 15 is 0 Å². The van der Waals surface area contributed by atoms with Gasteiger partial charge in [0.2, 0.25) is 0 Å². The molecule has 0 saturated carbocycles. The van der Waals surface area contributed by atoms with Crippen molar-refractivity contribution < 1.29 is 19.1 Å². The molecule has 19 heavy (non-hydrogen) atoms. The molecule has 0 heterocycles. The van der Waals surface area contributed by atoms with E-state index in [9.17, 15) is 14.4 Å². The van der Waals surface area contributed by atoms with Gasteiger partial charge in [-0.2, -0.15) is 0 Å². The van der Waals surface area contributed by atoms with Crippen LogP contribution in [0, 0.1) is 5.41 Å². The quantitative estimate of drug-likeness (QED) is 0.613. The van der Waals surface area contributed by atoms with Crippen molar-refractivity contribution in [2.24, 2.45) is 5.41 Å². The van der Waals surface area contributed by atoms with Crippen molar-refractivity contribution in [3.8, 4) is 0 Å². The summed E-state index contributed by atoms with van der Waals surface area (Å²) in [6.45, 7) is 1.46. The summed E-state index contributed by atoms with van der Waals surface area (Å²) in [7, 11) is 1.27. The largest absolute Gasteiger partial charge is 0.468 e. The third-order valence-corrected chi connectivity index (χ3v) is 3.67. The van der Waals surface area contributed by atoms with Crippen molar-refractivity contribution in [2.75, 3.05) is 7.11 Å². The lowest BCUT2D eigenvalue weighted by molar-refractivity contribution is -0.149. The smallest absolute Gasteiger partial charge is 0.320 e. The maximum Gasteiger partial charge on any atom is 0.320 e. The molecule has 0 bridgehead atoms. The molecular formula is C15H16O4. The lowest BCUT2D eigenvalue weighted by Crippen LogP contribution is -2.38. The molecule has 0 saturated heterocycles. The van der Waals surface area contributed by atoms with Crippen molar-refractivity contribution in [2.45, 2.75) is 26.2 Å². The fraction of sp³-hybridized carbons (Fsp3) is 0.400. The van der Waals surface area contributed by atoms with Gasteiger partial charge < -0.3 is 9.53 Å². The van der Waals surface area contributed by atoms with Gasteiger partial charge in [-0.3, -0.25) is 9.59 Å². The second-order valence-corrected chi connectivity index (χ2v) is 4.94. The van der Waals surface area contributed by atoms with Crippen LogP contribution in [0.1, 0.15) is 35.7 Å². The van der Waals surface area contributed by atoms with Crippen LogP contribution in [-0.4, -0.2) is 24.6 Å². The SMILES string of the molecule is COC(=O)[C@]1(CCC(C)=O)Cc2ccccc2C1=O. The van der Waals surface area contributed by atoms with Gasteiger partial charge in [-0.1, -0.05) is 24.3 Å². The molecule has 4 heteroatoms. The number of hydrogen-bond donors (Lipinski definition) is 0. The molecule has 1 aromatic rings. The normalized spacial score (nSPS) is 21.1. The van der Waals surface area contributed by atoms with Gasteiger partial charge >= 0.3 is 5.97 Å². The van der Waals surface area contributed by atoms with Crippen LogP contribution < -0.4 is 0 Å². The summed E-state index contributed by atoms with van der Waals surface area (Å²) in [5.74, 6) is -0.807. The average Bonchev–Trinajstić information content (AvgIpc) is 2.70. The minimum Gasteiger partial charge on any atom is -0.468 e. The van der Waals surface area contributed by atoms with Crippen molar-refractivity contribution in [3.63, 3.8) is 0 Å². The summed E-state index contributed by atoms with van der Waals surface area (Å²) in [6, 6.07) is 7.17. The Bertz CT molecular complexity index is 547. The minimum atomic E-state index is -1.22. The Hall–Kier alpha value is -1.97. The second kappa shape index (κ2) is 4.96. The number of benzene rings is 1. The van der Waals surface area contributed by atoms with Crippen LogP contribution >= 0.6 is 0 Å². The van der Waals surface area contributed by atoms with E-state index in [1.54, 1.807) is 12.1 Å². The Morgan fingerprint density at radius 2 is 2.00 bits per heavy atom. The minimum absolute atomic E-state index is 0.0352. The summed E-state index contributed by atoms with van der Waals surface area (Å²) in [6.07, 6.45) is 0.735. The number of carbonyl (C=O) groups is 3. The van der Waals surface area contributed by atoms with Crippen LogP contribution in [-0.2, 0) is 20.7 Å². The molecule has 0 aromatic heterocycles. The Balaban J connectivity index is 2.39.